The zero-order valence-electron chi connectivity index (χ0n) is 12.9. The summed E-state index contributed by atoms with van der Waals surface area (Å²) in [6.45, 7) is 4.43. The third-order valence-electron chi connectivity index (χ3n) is 3.85. The average molecular weight is 337 g/mol. The Labute approximate surface area is 137 Å². The largest absolute Gasteiger partial charge is 0.306 e. The van der Waals surface area contributed by atoms with E-state index in [2.05, 4.69) is 10.2 Å². The van der Waals surface area contributed by atoms with Crippen LogP contribution < -0.4 is 0 Å². The molecule has 0 radical (unpaired) electrons. The predicted octanol–water partition coefficient (Wildman–Crippen LogP) is 3.82. The van der Waals surface area contributed by atoms with Gasteiger partial charge in [0.25, 0.3) is 0 Å². The third-order valence-corrected chi connectivity index (χ3v) is 4.93. The molecule has 0 amide bonds. The fraction of sp³-hybridized carbons (Fsp3) is 0.438. The van der Waals surface area contributed by atoms with Gasteiger partial charge in [-0.05, 0) is 38.8 Å². The number of carbonyl (C=O) groups is 1. The van der Waals surface area contributed by atoms with Crippen LogP contribution in [-0.4, -0.2) is 25.8 Å². The lowest BCUT2D eigenvalue weighted by Gasteiger charge is -2.12. The molecule has 1 fully saturated rings. The Morgan fingerprint density at radius 2 is 2.13 bits per heavy atom. The highest BCUT2D eigenvalue weighted by atomic mass is 32.2. The summed E-state index contributed by atoms with van der Waals surface area (Å²) in [6.07, 6.45) is 2.25. The molecule has 1 aliphatic carbocycles. The van der Waals surface area contributed by atoms with Crippen molar-refractivity contribution in [1.29, 1.82) is 0 Å². The van der Waals surface area contributed by atoms with Crippen molar-refractivity contribution in [3.05, 3.63) is 41.2 Å². The molecule has 0 saturated heterocycles. The lowest BCUT2D eigenvalue weighted by atomic mass is 10.1. The molecule has 0 aliphatic heterocycles. The zero-order valence-corrected chi connectivity index (χ0v) is 13.7. The molecule has 1 heterocycles. The van der Waals surface area contributed by atoms with Crippen LogP contribution in [0.4, 0.5) is 8.78 Å². The van der Waals surface area contributed by atoms with Crippen molar-refractivity contribution in [2.24, 2.45) is 0 Å². The first-order valence-corrected chi connectivity index (χ1v) is 8.48. The molecule has 4 nitrogen and oxygen atoms in total. The summed E-state index contributed by atoms with van der Waals surface area (Å²) < 4.78 is 28.7. The Balaban J connectivity index is 1.78. The number of ketones is 1. The summed E-state index contributed by atoms with van der Waals surface area (Å²) in [5, 5.41) is 8.52. The first-order valence-electron chi connectivity index (χ1n) is 7.60. The van der Waals surface area contributed by atoms with E-state index < -0.39 is 16.9 Å². The number of carbonyl (C=O) groups excluding carboxylic acids is 1. The number of hydrogen-bond acceptors (Lipinski definition) is 4. The SMILES string of the molecule is CCn1c(SC(C)C(=O)c2ccc(F)cc2F)nnc1C1CC1. The minimum absolute atomic E-state index is 0.101. The molecule has 23 heavy (non-hydrogen) atoms. The van der Waals surface area contributed by atoms with Crippen molar-refractivity contribution in [2.75, 3.05) is 0 Å². The second kappa shape index (κ2) is 6.39. The second-order valence-corrected chi connectivity index (χ2v) is 6.92. The molecular weight excluding hydrogens is 320 g/mol. The zero-order chi connectivity index (χ0) is 16.6. The van der Waals surface area contributed by atoms with Gasteiger partial charge in [0.1, 0.15) is 17.5 Å². The molecule has 1 aromatic carbocycles. The van der Waals surface area contributed by atoms with E-state index in [1.54, 1.807) is 6.92 Å². The van der Waals surface area contributed by atoms with Crippen LogP contribution in [0.25, 0.3) is 0 Å². The van der Waals surface area contributed by atoms with Gasteiger partial charge in [0.05, 0.1) is 10.8 Å². The highest BCUT2D eigenvalue weighted by molar-refractivity contribution is 8.00. The van der Waals surface area contributed by atoms with E-state index in [-0.39, 0.29) is 11.3 Å². The number of Topliss-reactive ketones (excluding diaryl/α,β-unsaturated/α-hetero) is 1. The van der Waals surface area contributed by atoms with Gasteiger partial charge in [0.15, 0.2) is 10.9 Å². The van der Waals surface area contributed by atoms with E-state index in [0.29, 0.717) is 11.1 Å². The van der Waals surface area contributed by atoms with Gasteiger partial charge in [0, 0.05) is 18.5 Å². The molecule has 2 aromatic rings. The maximum Gasteiger partial charge on any atom is 0.191 e. The standard InChI is InChI=1S/C16H17F2N3OS/c1-3-21-15(10-4-5-10)19-20-16(21)23-9(2)14(22)12-7-6-11(17)8-13(12)18/h6-10H,3-5H2,1-2H3. The van der Waals surface area contributed by atoms with E-state index in [4.69, 9.17) is 0 Å². The Bertz CT molecular complexity index is 743. The van der Waals surface area contributed by atoms with E-state index in [1.807, 2.05) is 11.5 Å². The first-order chi connectivity index (χ1) is 11.0. The normalized spacial score (nSPS) is 15.7. The number of thioether (sulfide) groups is 1. The number of aromatic nitrogens is 3. The summed E-state index contributed by atoms with van der Waals surface area (Å²) in [5.74, 6) is -0.483. The van der Waals surface area contributed by atoms with Gasteiger partial charge in [-0.25, -0.2) is 8.78 Å². The van der Waals surface area contributed by atoms with Gasteiger partial charge in [-0.2, -0.15) is 0 Å². The van der Waals surface area contributed by atoms with Crippen molar-refractivity contribution in [2.45, 2.75) is 49.6 Å². The predicted molar refractivity (Wildman–Crippen MR) is 83.7 cm³/mol. The fourth-order valence-electron chi connectivity index (χ4n) is 2.45. The Morgan fingerprint density at radius 1 is 1.39 bits per heavy atom. The lowest BCUT2D eigenvalue weighted by Crippen LogP contribution is -2.16. The molecule has 1 aliphatic rings. The van der Waals surface area contributed by atoms with E-state index in [0.717, 1.165) is 37.3 Å². The van der Waals surface area contributed by atoms with Gasteiger partial charge in [0.2, 0.25) is 0 Å². The highest BCUT2D eigenvalue weighted by Crippen LogP contribution is 2.40. The lowest BCUT2D eigenvalue weighted by molar-refractivity contribution is 0.0990. The minimum Gasteiger partial charge on any atom is -0.306 e. The van der Waals surface area contributed by atoms with E-state index in [9.17, 15) is 13.6 Å². The Kier molecular flexibility index (Phi) is 4.48. The average Bonchev–Trinajstić information content (AvgIpc) is 3.28. The summed E-state index contributed by atoms with van der Waals surface area (Å²) in [5.41, 5.74) is -0.101. The van der Waals surface area contributed by atoms with E-state index in [1.165, 1.54) is 17.8 Å². The number of nitrogens with zero attached hydrogens (tertiary/aromatic N) is 3. The molecule has 122 valence electrons. The number of benzene rings is 1. The van der Waals surface area contributed by atoms with Crippen LogP contribution in [0.3, 0.4) is 0 Å². The monoisotopic (exact) mass is 337 g/mol. The Hall–Kier alpha value is -1.76. The molecule has 0 bridgehead atoms. The van der Waals surface area contributed by atoms with Crippen molar-refractivity contribution in [3.63, 3.8) is 0 Å². The summed E-state index contributed by atoms with van der Waals surface area (Å²) in [4.78, 5) is 12.4. The maximum atomic E-state index is 13.8. The quantitative estimate of drug-likeness (QED) is 0.594. The van der Waals surface area contributed by atoms with Gasteiger partial charge in [-0.3, -0.25) is 4.79 Å². The van der Waals surface area contributed by atoms with Crippen LogP contribution in [0.2, 0.25) is 0 Å². The number of hydrogen-bond donors (Lipinski definition) is 0. The third kappa shape index (κ3) is 3.29. The Morgan fingerprint density at radius 3 is 2.74 bits per heavy atom. The topological polar surface area (TPSA) is 47.8 Å². The van der Waals surface area contributed by atoms with Crippen LogP contribution in [-0.2, 0) is 6.54 Å². The molecule has 1 unspecified atom stereocenters. The number of halogens is 2. The van der Waals surface area contributed by atoms with Gasteiger partial charge in [-0.15, -0.1) is 10.2 Å². The fourth-order valence-corrected chi connectivity index (χ4v) is 3.44. The van der Waals surface area contributed by atoms with Crippen molar-refractivity contribution in [1.82, 2.24) is 14.8 Å². The number of rotatable bonds is 6. The van der Waals surface area contributed by atoms with Crippen LogP contribution in [0, 0.1) is 11.6 Å². The molecule has 7 heteroatoms. The van der Waals surface area contributed by atoms with Crippen molar-refractivity contribution < 1.29 is 13.6 Å². The molecule has 0 spiro atoms. The minimum atomic E-state index is -0.835. The molecular formula is C16H17F2N3OS. The maximum absolute atomic E-state index is 13.8. The highest BCUT2D eigenvalue weighted by Gasteiger charge is 2.31. The molecule has 1 atom stereocenters. The van der Waals surface area contributed by atoms with Crippen molar-refractivity contribution >= 4 is 17.5 Å². The van der Waals surface area contributed by atoms with Gasteiger partial charge >= 0.3 is 0 Å². The molecule has 0 N–H and O–H groups in total. The van der Waals surface area contributed by atoms with E-state index >= 15 is 0 Å². The van der Waals surface area contributed by atoms with Crippen LogP contribution in [0.1, 0.15) is 48.8 Å². The van der Waals surface area contributed by atoms with Crippen molar-refractivity contribution in [3.8, 4) is 0 Å². The van der Waals surface area contributed by atoms with Gasteiger partial charge in [-0.1, -0.05) is 11.8 Å². The molecule has 1 saturated carbocycles. The summed E-state index contributed by atoms with van der Waals surface area (Å²) in [7, 11) is 0. The van der Waals surface area contributed by atoms with Crippen LogP contribution in [0.5, 0.6) is 0 Å². The van der Waals surface area contributed by atoms with Gasteiger partial charge < -0.3 is 4.57 Å². The first kappa shape index (κ1) is 16.1. The van der Waals surface area contributed by atoms with Crippen LogP contribution >= 0.6 is 11.8 Å². The summed E-state index contributed by atoms with van der Waals surface area (Å²) in [6, 6.07) is 3.00. The summed E-state index contributed by atoms with van der Waals surface area (Å²) >= 11 is 1.26. The molecule has 3 rings (SSSR count). The molecule has 1 aromatic heterocycles. The smallest absolute Gasteiger partial charge is 0.191 e. The van der Waals surface area contributed by atoms with Crippen LogP contribution in [0.15, 0.2) is 23.4 Å². The second-order valence-electron chi connectivity index (χ2n) is 5.61.